The fourth-order valence-electron chi connectivity index (χ4n) is 1.86. The topological polar surface area (TPSA) is 35.5 Å². The van der Waals surface area contributed by atoms with E-state index >= 15 is 0 Å². The Kier molecular flexibility index (Phi) is 8.13. The van der Waals surface area contributed by atoms with Crippen molar-refractivity contribution in [2.75, 3.05) is 39.3 Å². The van der Waals surface area contributed by atoms with Gasteiger partial charge in [-0.2, -0.15) is 0 Å². The first-order valence-electron chi connectivity index (χ1n) is 6.55. The van der Waals surface area contributed by atoms with Gasteiger partial charge in [0.1, 0.15) is 0 Å². The van der Waals surface area contributed by atoms with E-state index in [9.17, 15) is 0 Å². The van der Waals surface area contributed by atoms with Crippen molar-refractivity contribution in [1.29, 1.82) is 0 Å². The van der Waals surface area contributed by atoms with Gasteiger partial charge in [0.2, 0.25) is 0 Å². The fourth-order valence-corrected chi connectivity index (χ4v) is 1.86. The minimum absolute atomic E-state index is 0.206. The monoisotopic (exact) mass is 248 g/mol. The molecule has 0 saturated heterocycles. The van der Waals surface area contributed by atoms with Crippen LogP contribution in [0.4, 0.5) is 0 Å². The van der Waals surface area contributed by atoms with Crippen LogP contribution >= 0.6 is 0 Å². The van der Waals surface area contributed by atoms with Gasteiger partial charge in [-0.15, -0.1) is 6.58 Å². The van der Waals surface area contributed by atoms with E-state index in [2.05, 4.69) is 41.1 Å². The second-order valence-electron chi connectivity index (χ2n) is 4.30. The van der Waals surface area contributed by atoms with E-state index < -0.39 is 0 Å². The maximum Gasteiger partial charge on any atom is 0.0558 e. The summed E-state index contributed by atoms with van der Waals surface area (Å²) in [7, 11) is 0. The summed E-state index contributed by atoms with van der Waals surface area (Å²) in [5.41, 5.74) is 1.36. The lowest BCUT2D eigenvalue weighted by molar-refractivity contribution is 0.209. The second-order valence-corrected chi connectivity index (χ2v) is 4.30. The SMILES string of the molecule is C=CCN(CCO)CCNCCc1ccccc1. The molecule has 1 aromatic rings. The first kappa shape index (κ1) is 14.9. The normalized spacial score (nSPS) is 10.8. The van der Waals surface area contributed by atoms with Gasteiger partial charge in [0.15, 0.2) is 0 Å². The van der Waals surface area contributed by atoms with E-state index in [0.29, 0.717) is 6.54 Å². The number of nitrogens with zero attached hydrogens (tertiary/aromatic N) is 1. The van der Waals surface area contributed by atoms with Crippen molar-refractivity contribution in [3.05, 3.63) is 48.6 Å². The fraction of sp³-hybridized carbons (Fsp3) is 0.467. The predicted octanol–water partition coefficient (Wildman–Crippen LogP) is 1.30. The Balaban J connectivity index is 2.08. The lowest BCUT2D eigenvalue weighted by Gasteiger charge is -2.19. The van der Waals surface area contributed by atoms with Gasteiger partial charge in [-0.05, 0) is 18.5 Å². The summed E-state index contributed by atoms with van der Waals surface area (Å²) in [4.78, 5) is 2.18. The molecule has 0 aromatic heterocycles. The number of nitrogens with one attached hydrogen (secondary N) is 1. The Bertz CT molecular complexity index is 314. The van der Waals surface area contributed by atoms with Crippen LogP contribution in [0.15, 0.2) is 43.0 Å². The smallest absolute Gasteiger partial charge is 0.0558 e. The van der Waals surface area contributed by atoms with Crippen LogP contribution in [-0.2, 0) is 6.42 Å². The van der Waals surface area contributed by atoms with Crippen LogP contribution in [0.5, 0.6) is 0 Å². The second kappa shape index (κ2) is 9.83. The van der Waals surface area contributed by atoms with Gasteiger partial charge < -0.3 is 10.4 Å². The van der Waals surface area contributed by atoms with Gasteiger partial charge in [0.05, 0.1) is 6.61 Å². The molecule has 0 heterocycles. The van der Waals surface area contributed by atoms with Crippen molar-refractivity contribution in [1.82, 2.24) is 10.2 Å². The zero-order valence-corrected chi connectivity index (χ0v) is 11.0. The molecule has 100 valence electrons. The maximum absolute atomic E-state index is 8.92. The van der Waals surface area contributed by atoms with Crippen molar-refractivity contribution >= 4 is 0 Å². The molecular formula is C15H24N2O. The van der Waals surface area contributed by atoms with Gasteiger partial charge in [-0.3, -0.25) is 4.90 Å². The molecule has 0 atom stereocenters. The number of benzene rings is 1. The summed E-state index contributed by atoms with van der Waals surface area (Å²) in [5, 5.41) is 12.3. The lowest BCUT2D eigenvalue weighted by Crippen LogP contribution is -2.34. The number of hydrogen-bond donors (Lipinski definition) is 2. The largest absolute Gasteiger partial charge is 0.395 e. The Morgan fingerprint density at radius 3 is 2.61 bits per heavy atom. The first-order chi connectivity index (χ1) is 8.86. The highest BCUT2D eigenvalue weighted by Gasteiger charge is 2.00. The molecule has 0 saturated carbocycles. The third kappa shape index (κ3) is 6.55. The quantitative estimate of drug-likeness (QED) is 0.484. The van der Waals surface area contributed by atoms with Crippen LogP contribution in [0.2, 0.25) is 0 Å². The summed E-state index contributed by atoms with van der Waals surface area (Å²) in [6, 6.07) is 10.5. The average Bonchev–Trinajstić information content (AvgIpc) is 2.40. The van der Waals surface area contributed by atoms with E-state index in [1.54, 1.807) is 0 Å². The molecule has 18 heavy (non-hydrogen) atoms. The molecule has 2 N–H and O–H groups in total. The van der Waals surface area contributed by atoms with E-state index in [1.165, 1.54) is 5.56 Å². The van der Waals surface area contributed by atoms with Crippen LogP contribution in [0.3, 0.4) is 0 Å². The Labute approximate surface area is 110 Å². The molecule has 0 spiro atoms. The summed E-state index contributed by atoms with van der Waals surface area (Å²) >= 11 is 0. The van der Waals surface area contributed by atoms with E-state index in [4.69, 9.17) is 5.11 Å². The van der Waals surface area contributed by atoms with Crippen molar-refractivity contribution in [3.63, 3.8) is 0 Å². The van der Waals surface area contributed by atoms with Crippen molar-refractivity contribution < 1.29 is 5.11 Å². The van der Waals surface area contributed by atoms with E-state index in [-0.39, 0.29) is 6.61 Å². The number of aliphatic hydroxyl groups is 1. The molecule has 1 aromatic carbocycles. The third-order valence-corrected chi connectivity index (χ3v) is 2.84. The highest BCUT2D eigenvalue weighted by Crippen LogP contribution is 1.97. The third-order valence-electron chi connectivity index (χ3n) is 2.84. The van der Waals surface area contributed by atoms with Crippen LogP contribution in [0, 0.1) is 0 Å². The van der Waals surface area contributed by atoms with Crippen molar-refractivity contribution in [3.8, 4) is 0 Å². The van der Waals surface area contributed by atoms with E-state index in [0.717, 1.165) is 32.6 Å². The van der Waals surface area contributed by atoms with Gasteiger partial charge >= 0.3 is 0 Å². The standard InChI is InChI=1S/C15H24N2O/c1-2-11-17(13-14-18)12-10-16-9-8-15-6-4-3-5-7-15/h2-7,16,18H,1,8-14H2. The van der Waals surface area contributed by atoms with Gasteiger partial charge in [-0.1, -0.05) is 36.4 Å². The number of rotatable bonds is 10. The zero-order chi connectivity index (χ0) is 13.1. The highest BCUT2D eigenvalue weighted by molar-refractivity contribution is 5.14. The molecule has 0 aliphatic carbocycles. The number of aliphatic hydroxyl groups excluding tert-OH is 1. The summed E-state index contributed by atoms with van der Waals surface area (Å²) in [6.45, 7) is 8.36. The molecule has 0 radical (unpaired) electrons. The molecule has 0 aliphatic rings. The maximum atomic E-state index is 8.92. The molecule has 3 nitrogen and oxygen atoms in total. The molecule has 3 heteroatoms. The van der Waals surface area contributed by atoms with Crippen LogP contribution in [-0.4, -0.2) is 49.3 Å². The Morgan fingerprint density at radius 1 is 1.17 bits per heavy atom. The highest BCUT2D eigenvalue weighted by atomic mass is 16.3. The minimum atomic E-state index is 0.206. The molecule has 0 fully saturated rings. The molecule has 0 amide bonds. The van der Waals surface area contributed by atoms with Gasteiger partial charge in [-0.25, -0.2) is 0 Å². The van der Waals surface area contributed by atoms with Crippen molar-refractivity contribution in [2.24, 2.45) is 0 Å². The van der Waals surface area contributed by atoms with E-state index in [1.807, 2.05) is 12.1 Å². The molecule has 0 bridgehead atoms. The summed E-state index contributed by atoms with van der Waals surface area (Å²) < 4.78 is 0. The lowest BCUT2D eigenvalue weighted by atomic mass is 10.1. The summed E-state index contributed by atoms with van der Waals surface area (Å²) in [5.74, 6) is 0. The Hall–Kier alpha value is -1.16. The van der Waals surface area contributed by atoms with Crippen LogP contribution in [0.25, 0.3) is 0 Å². The molecule has 0 unspecified atom stereocenters. The predicted molar refractivity (Wildman–Crippen MR) is 76.7 cm³/mol. The average molecular weight is 248 g/mol. The Morgan fingerprint density at radius 2 is 1.94 bits per heavy atom. The van der Waals surface area contributed by atoms with Crippen molar-refractivity contribution in [2.45, 2.75) is 6.42 Å². The first-order valence-corrected chi connectivity index (χ1v) is 6.55. The van der Waals surface area contributed by atoms with Gasteiger partial charge in [0, 0.05) is 26.2 Å². The summed E-state index contributed by atoms with van der Waals surface area (Å²) in [6.07, 6.45) is 2.93. The number of hydrogen-bond acceptors (Lipinski definition) is 3. The molecule has 0 aliphatic heterocycles. The van der Waals surface area contributed by atoms with Crippen LogP contribution in [0.1, 0.15) is 5.56 Å². The molecular weight excluding hydrogens is 224 g/mol. The van der Waals surface area contributed by atoms with Gasteiger partial charge in [0.25, 0.3) is 0 Å². The zero-order valence-electron chi connectivity index (χ0n) is 11.0. The van der Waals surface area contributed by atoms with Crippen LogP contribution < -0.4 is 5.32 Å². The molecule has 1 rings (SSSR count). The minimum Gasteiger partial charge on any atom is -0.395 e.